The molecule has 2 aromatic heterocycles. The Labute approximate surface area is 214 Å². The van der Waals surface area contributed by atoms with Crippen LogP contribution in [0.1, 0.15) is 19.5 Å². The lowest BCUT2D eigenvalue weighted by atomic mass is 10.2. The third kappa shape index (κ3) is 6.60. The maximum atomic E-state index is 13.5. The molecule has 9 nitrogen and oxygen atoms in total. The molecule has 0 saturated heterocycles. The van der Waals surface area contributed by atoms with Crippen LogP contribution < -0.4 is 0 Å². The van der Waals surface area contributed by atoms with Gasteiger partial charge in [-0.25, -0.2) is 13.1 Å². The molecule has 0 aliphatic rings. The molecule has 0 atom stereocenters. The maximum absolute atomic E-state index is 13.5. The topological polar surface area (TPSA) is 107 Å². The Hall–Kier alpha value is -2.55. The van der Waals surface area contributed by atoms with Gasteiger partial charge in [0.2, 0.25) is 0 Å². The summed E-state index contributed by atoms with van der Waals surface area (Å²) in [6, 6.07) is 5.90. The van der Waals surface area contributed by atoms with E-state index in [4.69, 9.17) is 16.3 Å². The molecule has 2 heterocycles. The van der Waals surface area contributed by atoms with Gasteiger partial charge >= 0.3 is 12.1 Å². The van der Waals surface area contributed by atoms with Crippen molar-refractivity contribution in [2.45, 2.75) is 31.5 Å². The number of benzene rings is 1. The van der Waals surface area contributed by atoms with E-state index in [2.05, 4.69) is 15.3 Å². The second-order valence-electron chi connectivity index (χ2n) is 7.63. The summed E-state index contributed by atoms with van der Waals surface area (Å²) in [6.45, 7) is 5.35. The van der Waals surface area contributed by atoms with Gasteiger partial charge in [-0.15, -0.1) is 10.2 Å². The van der Waals surface area contributed by atoms with Crippen LogP contribution in [-0.2, 0) is 32.1 Å². The Bertz CT molecular complexity index is 1340. The predicted molar refractivity (Wildman–Crippen MR) is 128 cm³/mol. The molecular formula is C21H23ClF3N5O4S2. The Balaban J connectivity index is 1.93. The van der Waals surface area contributed by atoms with E-state index in [1.54, 1.807) is 6.07 Å². The van der Waals surface area contributed by atoms with Gasteiger partial charge in [-0.1, -0.05) is 48.9 Å². The summed E-state index contributed by atoms with van der Waals surface area (Å²) >= 11 is 6.93. The van der Waals surface area contributed by atoms with E-state index in [9.17, 15) is 26.4 Å². The van der Waals surface area contributed by atoms with E-state index in [1.165, 1.54) is 18.2 Å². The molecule has 0 N–H and O–H groups in total. The number of esters is 1. The minimum Gasteiger partial charge on any atom is -0.463 e. The second-order valence-corrected chi connectivity index (χ2v) is 11.0. The zero-order valence-electron chi connectivity index (χ0n) is 19.5. The van der Waals surface area contributed by atoms with Gasteiger partial charge in [0.05, 0.1) is 4.90 Å². The van der Waals surface area contributed by atoms with Crippen molar-refractivity contribution < 1.29 is 31.1 Å². The number of aromatic nitrogens is 4. The fraction of sp³-hybridized carbons (Fsp3) is 0.429. The first-order valence-electron chi connectivity index (χ1n) is 10.7. The van der Waals surface area contributed by atoms with Crippen molar-refractivity contribution in [2.75, 3.05) is 32.5 Å². The minimum atomic E-state index is -4.87. The molecule has 1 aromatic carbocycles. The number of ether oxygens (including phenoxy) is 1. The number of alkyl halides is 3. The average molecular weight is 566 g/mol. The fourth-order valence-corrected chi connectivity index (χ4v) is 5.18. The molecule has 0 bridgehead atoms. The van der Waals surface area contributed by atoms with Crippen LogP contribution in [0.15, 0.2) is 29.2 Å². The molecule has 0 aliphatic carbocycles. The van der Waals surface area contributed by atoms with Crippen molar-refractivity contribution in [1.29, 1.82) is 0 Å². The Morgan fingerprint density at radius 3 is 2.47 bits per heavy atom. The SMILES string of the molecule is CCN(CC)CCOC(=O)Cn1nc(C(F)(F)F)c(Cl)c1-c1nnc(-c2cccc(S(C)(=O)=O)c2)s1. The molecule has 0 fully saturated rings. The highest BCUT2D eigenvalue weighted by Crippen LogP contribution is 2.41. The molecule has 0 amide bonds. The number of sulfone groups is 1. The van der Waals surface area contributed by atoms with Crippen LogP contribution >= 0.6 is 22.9 Å². The van der Waals surface area contributed by atoms with Gasteiger partial charge in [0.25, 0.3) is 0 Å². The van der Waals surface area contributed by atoms with Crippen LogP contribution in [0.2, 0.25) is 5.02 Å². The first kappa shape index (κ1) is 28.0. The lowest BCUT2D eigenvalue weighted by Crippen LogP contribution is -2.28. The minimum absolute atomic E-state index is 0.0290. The molecule has 3 rings (SSSR count). The molecule has 15 heteroatoms. The molecular weight excluding hydrogens is 543 g/mol. The number of nitrogens with zero attached hydrogens (tertiary/aromatic N) is 5. The first-order valence-corrected chi connectivity index (χ1v) is 13.8. The van der Waals surface area contributed by atoms with Crippen LogP contribution in [0.25, 0.3) is 21.3 Å². The summed E-state index contributed by atoms with van der Waals surface area (Å²) < 4.78 is 70.2. The standard InChI is InChI=1S/C21H23ClF3N5O4S2/c1-4-29(5-2)9-10-34-15(31)12-30-17(16(22)18(28-30)21(23,24)25)20-27-26-19(35-20)13-7-6-8-14(11-13)36(3,32)33/h6-8,11H,4-5,9-10,12H2,1-3H3. The number of carbonyl (C=O) groups is 1. The Morgan fingerprint density at radius 2 is 1.86 bits per heavy atom. The average Bonchev–Trinajstić information content (AvgIpc) is 3.40. The van der Waals surface area contributed by atoms with Crippen LogP contribution in [0.4, 0.5) is 13.2 Å². The number of carbonyl (C=O) groups excluding carboxylic acids is 1. The third-order valence-electron chi connectivity index (χ3n) is 5.14. The van der Waals surface area contributed by atoms with Gasteiger partial charge in [0, 0.05) is 18.4 Å². The number of hydrogen-bond acceptors (Lipinski definition) is 9. The van der Waals surface area contributed by atoms with Crippen LogP contribution in [-0.4, -0.2) is 71.8 Å². The lowest BCUT2D eigenvalue weighted by molar-refractivity contribution is -0.146. The van der Waals surface area contributed by atoms with Crippen molar-refractivity contribution in [1.82, 2.24) is 24.9 Å². The molecule has 36 heavy (non-hydrogen) atoms. The lowest BCUT2D eigenvalue weighted by Gasteiger charge is -2.17. The van der Waals surface area contributed by atoms with Gasteiger partial charge in [0.1, 0.15) is 28.9 Å². The molecule has 0 radical (unpaired) electrons. The molecule has 196 valence electrons. The third-order valence-corrected chi connectivity index (χ3v) is 7.59. The second kappa shape index (κ2) is 11.2. The molecule has 0 spiro atoms. The predicted octanol–water partition coefficient (Wildman–Crippen LogP) is 4.03. The number of hydrogen-bond donors (Lipinski definition) is 0. The van der Waals surface area contributed by atoms with Crippen molar-refractivity contribution in [3.63, 3.8) is 0 Å². The normalized spacial score (nSPS) is 12.3. The molecule has 0 unspecified atom stereocenters. The quantitative estimate of drug-likeness (QED) is 0.339. The van der Waals surface area contributed by atoms with E-state index < -0.39 is 39.2 Å². The van der Waals surface area contributed by atoms with E-state index in [0.717, 1.165) is 35.4 Å². The first-order chi connectivity index (χ1) is 16.8. The van der Waals surface area contributed by atoms with E-state index in [0.29, 0.717) is 12.1 Å². The molecule has 0 aliphatic heterocycles. The number of likely N-dealkylation sites (N-methyl/N-ethyl adjacent to an activating group) is 1. The van der Waals surface area contributed by atoms with Gasteiger partial charge in [0.15, 0.2) is 20.5 Å². The largest absolute Gasteiger partial charge is 0.463 e. The van der Waals surface area contributed by atoms with Gasteiger partial charge in [-0.3, -0.25) is 4.79 Å². The monoisotopic (exact) mass is 565 g/mol. The van der Waals surface area contributed by atoms with E-state index in [1.807, 2.05) is 18.7 Å². The highest BCUT2D eigenvalue weighted by molar-refractivity contribution is 7.90. The van der Waals surface area contributed by atoms with Gasteiger partial charge in [-0.2, -0.15) is 18.3 Å². The zero-order valence-corrected chi connectivity index (χ0v) is 21.9. The van der Waals surface area contributed by atoms with Crippen LogP contribution in [0, 0.1) is 0 Å². The van der Waals surface area contributed by atoms with Gasteiger partial charge < -0.3 is 9.64 Å². The molecule has 0 saturated carbocycles. The Kier molecular flexibility index (Phi) is 8.75. The Morgan fingerprint density at radius 1 is 1.19 bits per heavy atom. The highest BCUT2D eigenvalue weighted by Gasteiger charge is 2.40. The fourth-order valence-electron chi connectivity index (χ4n) is 3.23. The summed E-state index contributed by atoms with van der Waals surface area (Å²) in [6.07, 6.45) is -3.82. The van der Waals surface area contributed by atoms with Crippen molar-refractivity contribution in [2.24, 2.45) is 0 Å². The zero-order chi connectivity index (χ0) is 26.7. The van der Waals surface area contributed by atoms with Crippen LogP contribution in [0.5, 0.6) is 0 Å². The van der Waals surface area contributed by atoms with Crippen LogP contribution in [0.3, 0.4) is 0 Å². The highest BCUT2D eigenvalue weighted by atomic mass is 35.5. The van der Waals surface area contributed by atoms with Gasteiger partial charge in [-0.05, 0) is 25.2 Å². The van der Waals surface area contributed by atoms with Crippen molar-refractivity contribution in [3.05, 3.63) is 35.0 Å². The summed E-state index contributed by atoms with van der Waals surface area (Å²) in [5, 5.41) is 10.9. The van der Waals surface area contributed by atoms with E-state index in [-0.39, 0.29) is 27.2 Å². The number of rotatable bonds is 10. The molecule has 3 aromatic rings. The van der Waals surface area contributed by atoms with E-state index >= 15 is 0 Å². The summed E-state index contributed by atoms with van der Waals surface area (Å²) in [5.41, 5.74) is -1.21. The smallest absolute Gasteiger partial charge is 0.436 e. The summed E-state index contributed by atoms with van der Waals surface area (Å²) in [5.74, 6) is -0.790. The summed E-state index contributed by atoms with van der Waals surface area (Å²) in [4.78, 5) is 14.4. The summed E-state index contributed by atoms with van der Waals surface area (Å²) in [7, 11) is -3.49. The van der Waals surface area contributed by atoms with Crippen molar-refractivity contribution in [3.8, 4) is 21.3 Å². The maximum Gasteiger partial charge on any atom is 0.436 e. The number of halogens is 4. The van der Waals surface area contributed by atoms with Crippen molar-refractivity contribution >= 4 is 38.7 Å².